The molecular formula is C21H22N4O5S. The van der Waals surface area contributed by atoms with E-state index in [1.165, 1.54) is 17.0 Å². The van der Waals surface area contributed by atoms with Crippen molar-refractivity contribution in [2.75, 3.05) is 16.2 Å². The number of ether oxygens (including phenoxy) is 1. The van der Waals surface area contributed by atoms with Gasteiger partial charge in [0.15, 0.2) is 12.4 Å². The lowest BCUT2D eigenvalue weighted by Gasteiger charge is -2.28. The molecule has 0 radical (unpaired) electrons. The zero-order chi connectivity index (χ0) is 22.0. The maximum atomic E-state index is 13.0. The average molecular weight is 442 g/mol. The van der Waals surface area contributed by atoms with E-state index >= 15 is 0 Å². The Kier molecular flexibility index (Phi) is 5.64. The number of sulfonamides is 1. The van der Waals surface area contributed by atoms with E-state index in [-0.39, 0.29) is 24.0 Å². The van der Waals surface area contributed by atoms with Crippen molar-refractivity contribution in [1.29, 1.82) is 0 Å². The summed E-state index contributed by atoms with van der Waals surface area (Å²) in [6, 6.07) is 11.6. The summed E-state index contributed by atoms with van der Waals surface area (Å²) in [5.74, 6) is 0.880. The highest BCUT2D eigenvalue weighted by atomic mass is 32.2. The number of amides is 1. The van der Waals surface area contributed by atoms with E-state index in [4.69, 9.17) is 9.26 Å². The molecule has 2 aromatic carbocycles. The van der Waals surface area contributed by atoms with Gasteiger partial charge in [-0.15, -0.1) is 0 Å². The molecule has 2 heterocycles. The standard InChI is InChI=1S/C21H22N4O5S/c1-3-14-6-5-7-15(10-14)24-31(27,28)16-8-9-18-17(11-16)25(21(26)13-29-18)12-19-22-20(4-2)30-23-19/h5-11,24H,3-4,12-13H2,1-2H3. The Hall–Kier alpha value is -3.40. The van der Waals surface area contributed by atoms with Crippen molar-refractivity contribution in [2.24, 2.45) is 0 Å². The van der Waals surface area contributed by atoms with Gasteiger partial charge in [-0.3, -0.25) is 14.4 Å². The van der Waals surface area contributed by atoms with E-state index in [9.17, 15) is 13.2 Å². The molecule has 0 bridgehead atoms. The van der Waals surface area contributed by atoms with Gasteiger partial charge >= 0.3 is 0 Å². The van der Waals surface area contributed by atoms with Crippen LogP contribution in [0.5, 0.6) is 5.75 Å². The molecule has 31 heavy (non-hydrogen) atoms. The maximum Gasteiger partial charge on any atom is 0.265 e. The second kappa shape index (κ2) is 8.38. The number of nitrogens with one attached hydrogen (secondary N) is 1. The Balaban J connectivity index is 1.65. The van der Waals surface area contributed by atoms with Gasteiger partial charge in [-0.25, -0.2) is 8.42 Å². The van der Waals surface area contributed by atoms with Gasteiger partial charge in [0.2, 0.25) is 5.89 Å². The summed E-state index contributed by atoms with van der Waals surface area (Å²) in [6.07, 6.45) is 1.37. The first-order valence-corrected chi connectivity index (χ1v) is 11.4. The van der Waals surface area contributed by atoms with Crippen LogP contribution in [0.4, 0.5) is 11.4 Å². The number of carbonyl (C=O) groups is 1. The van der Waals surface area contributed by atoms with Crippen LogP contribution in [-0.2, 0) is 34.2 Å². The summed E-state index contributed by atoms with van der Waals surface area (Å²) in [6.45, 7) is 3.77. The largest absolute Gasteiger partial charge is 0.482 e. The second-order valence-corrected chi connectivity index (χ2v) is 8.70. The fourth-order valence-electron chi connectivity index (χ4n) is 3.23. The number of fused-ring (bicyclic) bond motifs is 1. The first kappa shape index (κ1) is 20.9. The predicted octanol–water partition coefficient (Wildman–Crippen LogP) is 2.92. The van der Waals surface area contributed by atoms with E-state index in [0.717, 1.165) is 12.0 Å². The zero-order valence-corrected chi connectivity index (χ0v) is 18.0. The Morgan fingerprint density at radius 2 is 1.97 bits per heavy atom. The van der Waals surface area contributed by atoms with Crippen molar-refractivity contribution in [3.8, 4) is 5.75 Å². The molecule has 10 heteroatoms. The van der Waals surface area contributed by atoms with Gasteiger partial charge in [0, 0.05) is 12.1 Å². The topological polar surface area (TPSA) is 115 Å². The molecule has 0 saturated heterocycles. The van der Waals surface area contributed by atoms with Gasteiger partial charge in [-0.1, -0.05) is 31.1 Å². The molecule has 9 nitrogen and oxygen atoms in total. The van der Waals surface area contributed by atoms with E-state index in [1.54, 1.807) is 24.3 Å². The first-order valence-electron chi connectivity index (χ1n) is 9.90. The van der Waals surface area contributed by atoms with E-state index in [2.05, 4.69) is 14.9 Å². The Labute approximate surface area is 180 Å². The van der Waals surface area contributed by atoms with Gasteiger partial charge in [-0.05, 0) is 42.3 Å². The third-order valence-corrected chi connectivity index (χ3v) is 6.26. The lowest BCUT2D eigenvalue weighted by Crippen LogP contribution is -2.38. The Bertz CT molecular complexity index is 1220. The third kappa shape index (κ3) is 4.38. The van der Waals surface area contributed by atoms with Crippen LogP contribution in [0.2, 0.25) is 0 Å². The summed E-state index contributed by atoms with van der Waals surface area (Å²) in [4.78, 5) is 18.2. The molecule has 0 unspecified atom stereocenters. The van der Waals surface area contributed by atoms with Crippen LogP contribution in [0.25, 0.3) is 0 Å². The van der Waals surface area contributed by atoms with Crippen molar-refractivity contribution < 1.29 is 22.5 Å². The number of hydrogen-bond donors (Lipinski definition) is 1. The summed E-state index contributed by atoms with van der Waals surface area (Å²) in [5, 5.41) is 3.88. The number of aromatic nitrogens is 2. The number of rotatable bonds is 7. The lowest BCUT2D eigenvalue weighted by molar-refractivity contribution is -0.121. The van der Waals surface area contributed by atoms with Crippen LogP contribution in [0.15, 0.2) is 51.9 Å². The zero-order valence-electron chi connectivity index (χ0n) is 17.2. The molecule has 0 aliphatic carbocycles. The molecule has 4 rings (SSSR count). The van der Waals surface area contributed by atoms with Crippen LogP contribution in [0.3, 0.4) is 0 Å². The summed E-state index contributed by atoms with van der Waals surface area (Å²) in [5.41, 5.74) is 1.83. The second-order valence-electron chi connectivity index (χ2n) is 7.02. The highest BCUT2D eigenvalue weighted by Gasteiger charge is 2.29. The van der Waals surface area contributed by atoms with E-state index < -0.39 is 10.0 Å². The van der Waals surface area contributed by atoms with E-state index in [0.29, 0.717) is 35.3 Å². The predicted molar refractivity (Wildman–Crippen MR) is 113 cm³/mol. The van der Waals surface area contributed by atoms with Crippen LogP contribution in [0, 0.1) is 0 Å². The average Bonchev–Trinajstić information content (AvgIpc) is 3.23. The fraction of sp³-hybridized carbons (Fsp3) is 0.286. The number of carbonyl (C=O) groups excluding carboxylic acids is 1. The number of nitrogens with zero attached hydrogens (tertiary/aromatic N) is 3. The van der Waals surface area contributed by atoms with Crippen LogP contribution >= 0.6 is 0 Å². The van der Waals surface area contributed by atoms with Gasteiger partial charge in [-0.2, -0.15) is 4.98 Å². The molecule has 1 amide bonds. The van der Waals surface area contributed by atoms with Gasteiger partial charge in [0.1, 0.15) is 5.75 Å². The third-order valence-electron chi connectivity index (χ3n) is 4.88. The van der Waals surface area contributed by atoms with Crippen molar-refractivity contribution in [2.45, 2.75) is 38.1 Å². The van der Waals surface area contributed by atoms with Crippen LogP contribution in [0.1, 0.15) is 31.1 Å². The van der Waals surface area contributed by atoms with Gasteiger partial charge < -0.3 is 9.26 Å². The minimum atomic E-state index is -3.88. The quantitative estimate of drug-likeness (QED) is 0.598. The SMILES string of the molecule is CCc1cccc(NS(=O)(=O)c2ccc3c(c2)N(Cc2noc(CC)n2)C(=O)CO3)c1. The molecule has 0 fully saturated rings. The number of aryl methyl sites for hydroxylation is 2. The molecular weight excluding hydrogens is 420 g/mol. The normalized spacial score (nSPS) is 13.6. The minimum Gasteiger partial charge on any atom is -0.482 e. The Morgan fingerprint density at radius 1 is 1.13 bits per heavy atom. The molecule has 1 N–H and O–H groups in total. The van der Waals surface area contributed by atoms with Gasteiger partial charge in [0.05, 0.1) is 17.1 Å². The van der Waals surface area contributed by atoms with Crippen molar-refractivity contribution in [3.63, 3.8) is 0 Å². The monoisotopic (exact) mass is 442 g/mol. The van der Waals surface area contributed by atoms with E-state index in [1.807, 2.05) is 19.9 Å². The highest BCUT2D eigenvalue weighted by molar-refractivity contribution is 7.92. The number of benzene rings is 2. The summed E-state index contributed by atoms with van der Waals surface area (Å²) >= 11 is 0. The van der Waals surface area contributed by atoms with Gasteiger partial charge in [0.25, 0.3) is 15.9 Å². The summed E-state index contributed by atoms with van der Waals surface area (Å²) in [7, 11) is -3.88. The molecule has 1 aliphatic heterocycles. The molecule has 0 saturated carbocycles. The number of hydrogen-bond acceptors (Lipinski definition) is 7. The molecule has 1 aromatic heterocycles. The highest BCUT2D eigenvalue weighted by Crippen LogP contribution is 2.35. The smallest absolute Gasteiger partial charge is 0.265 e. The van der Waals surface area contributed by atoms with Crippen molar-refractivity contribution in [3.05, 3.63) is 59.7 Å². The Morgan fingerprint density at radius 3 is 2.71 bits per heavy atom. The fourth-order valence-corrected chi connectivity index (χ4v) is 4.30. The lowest BCUT2D eigenvalue weighted by atomic mass is 10.1. The first-order chi connectivity index (χ1) is 14.9. The summed E-state index contributed by atoms with van der Waals surface area (Å²) < 4.78 is 39.1. The maximum absolute atomic E-state index is 13.0. The van der Waals surface area contributed by atoms with Crippen LogP contribution < -0.4 is 14.4 Å². The van der Waals surface area contributed by atoms with Crippen molar-refractivity contribution >= 4 is 27.3 Å². The molecule has 3 aromatic rings. The number of anilines is 2. The molecule has 1 aliphatic rings. The van der Waals surface area contributed by atoms with Crippen LogP contribution in [-0.4, -0.2) is 31.1 Å². The molecule has 0 atom stereocenters. The molecule has 162 valence electrons. The molecule has 0 spiro atoms. The van der Waals surface area contributed by atoms with Crippen molar-refractivity contribution in [1.82, 2.24) is 10.1 Å². The minimum absolute atomic E-state index is 0.0128.